The molecule has 2 atom stereocenters. The maximum Gasteiger partial charge on any atom is 0.323 e. The van der Waals surface area contributed by atoms with Gasteiger partial charge in [0.25, 0.3) is 0 Å². The highest BCUT2D eigenvalue weighted by Crippen LogP contribution is 2.52. The monoisotopic (exact) mass is 328 g/mol. The molecule has 0 radical (unpaired) electrons. The summed E-state index contributed by atoms with van der Waals surface area (Å²) in [6, 6.07) is 1.12. The van der Waals surface area contributed by atoms with Crippen molar-refractivity contribution < 1.29 is 19.1 Å². The van der Waals surface area contributed by atoms with Gasteiger partial charge in [0, 0.05) is 0 Å². The summed E-state index contributed by atoms with van der Waals surface area (Å²) in [5, 5.41) is 0.300. The zero-order valence-electron chi connectivity index (χ0n) is 15.4. The van der Waals surface area contributed by atoms with E-state index in [0.29, 0.717) is 29.7 Å². The summed E-state index contributed by atoms with van der Waals surface area (Å²) in [7, 11) is 1.22. The summed E-state index contributed by atoms with van der Waals surface area (Å²) >= 11 is 0. The molecule has 0 aliphatic heterocycles. The third-order valence-electron chi connectivity index (χ3n) is 6.04. The van der Waals surface area contributed by atoms with Crippen LogP contribution in [0.5, 0.6) is 0 Å². The Morgan fingerprint density at radius 2 is 1.55 bits per heavy atom. The minimum absolute atomic E-state index is 0.300. The first-order valence-electron chi connectivity index (χ1n) is 8.08. The number of rotatable bonds is 4. The molecule has 0 unspecified atom stereocenters. The second-order valence-electron chi connectivity index (χ2n) is 8.55. The fourth-order valence-electron chi connectivity index (χ4n) is 3.49. The molecule has 5 heteroatoms. The number of hydrogen-bond acceptors (Lipinski definition) is 4. The zero-order chi connectivity index (χ0) is 17.3. The van der Waals surface area contributed by atoms with Crippen LogP contribution in [0.15, 0.2) is 0 Å². The van der Waals surface area contributed by atoms with Gasteiger partial charge in [-0.15, -0.1) is 0 Å². The van der Waals surface area contributed by atoms with Crippen LogP contribution in [0, 0.1) is 17.3 Å². The normalized spacial score (nSPS) is 24.9. The maximum absolute atomic E-state index is 12.3. The summed E-state index contributed by atoms with van der Waals surface area (Å²) < 4.78 is 9.85. The molecule has 0 aromatic heterocycles. The molecule has 0 aromatic rings. The Morgan fingerprint density at radius 3 is 1.91 bits per heavy atom. The van der Waals surface area contributed by atoms with Crippen LogP contribution in [-0.2, 0) is 19.1 Å². The molecule has 1 fully saturated rings. The number of ether oxygens (including phenoxy) is 2. The van der Waals surface area contributed by atoms with Gasteiger partial charge in [-0.2, -0.15) is 0 Å². The quantitative estimate of drug-likeness (QED) is 0.446. The van der Waals surface area contributed by atoms with Gasteiger partial charge in [-0.3, -0.25) is 9.59 Å². The van der Waals surface area contributed by atoms with Crippen molar-refractivity contribution in [3.05, 3.63) is 0 Å². The van der Waals surface area contributed by atoms with Crippen LogP contribution < -0.4 is 0 Å². The van der Waals surface area contributed by atoms with E-state index in [4.69, 9.17) is 9.47 Å². The lowest BCUT2D eigenvalue weighted by atomic mass is 9.85. The summed E-state index contributed by atoms with van der Waals surface area (Å²) in [5.74, 6) is -0.181. The van der Waals surface area contributed by atoms with Crippen molar-refractivity contribution in [1.82, 2.24) is 0 Å². The summed E-state index contributed by atoms with van der Waals surface area (Å²) in [4.78, 5) is 24.6. The van der Waals surface area contributed by atoms with Crippen molar-refractivity contribution in [3.63, 3.8) is 0 Å². The Labute approximate surface area is 136 Å². The third kappa shape index (κ3) is 3.39. The predicted octanol–water partition coefficient (Wildman–Crippen LogP) is 3.87. The SMILES string of the molecule is COC(=O)C1(C(=O)OC)C[C@@H](C[Si](C)(C)C(C)(C)C)[C@H](C)C1. The van der Waals surface area contributed by atoms with Crippen LogP contribution in [0.3, 0.4) is 0 Å². The Balaban J connectivity index is 3.04. The van der Waals surface area contributed by atoms with E-state index in [2.05, 4.69) is 40.8 Å². The van der Waals surface area contributed by atoms with Gasteiger partial charge >= 0.3 is 11.9 Å². The lowest BCUT2D eigenvalue weighted by Crippen LogP contribution is -2.41. The molecule has 0 aromatic carbocycles. The van der Waals surface area contributed by atoms with Crippen molar-refractivity contribution in [2.24, 2.45) is 17.3 Å². The number of hydrogen-bond donors (Lipinski definition) is 0. The van der Waals surface area contributed by atoms with E-state index in [-0.39, 0.29) is 0 Å². The molecule has 0 heterocycles. The van der Waals surface area contributed by atoms with Crippen LogP contribution in [0.2, 0.25) is 24.2 Å². The summed E-state index contributed by atoms with van der Waals surface area (Å²) in [6.45, 7) is 13.8. The van der Waals surface area contributed by atoms with Gasteiger partial charge in [-0.25, -0.2) is 0 Å². The second kappa shape index (κ2) is 6.34. The molecule has 0 N–H and O–H groups in total. The molecule has 22 heavy (non-hydrogen) atoms. The highest BCUT2D eigenvalue weighted by Gasteiger charge is 2.57. The highest BCUT2D eigenvalue weighted by atomic mass is 28.3. The lowest BCUT2D eigenvalue weighted by molar-refractivity contribution is -0.169. The third-order valence-corrected chi connectivity index (χ3v) is 11.6. The molecule has 0 spiro atoms. The van der Waals surface area contributed by atoms with Gasteiger partial charge in [-0.1, -0.05) is 46.8 Å². The molecular formula is C17H32O4Si. The Morgan fingerprint density at radius 1 is 1.09 bits per heavy atom. The Kier molecular flexibility index (Phi) is 5.53. The average Bonchev–Trinajstić information content (AvgIpc) is 2.73. The first-order valence-corrected chi connectivity index (χ1v) is 11.3. The Bertz CT molecular complexity index is 420. The molecule has 128 valence electrons. The summed E-state index contributed by atoms with van der Waals surface area (Å²) in [5.41, 5.74) is -1.10. The van der Waals surface area contributed by atoms with Crippen LogP contribution in [0.4, 0.5) is 0 Å². The first-order chi connectivity index (χ1) is 9.91. The van der Waals surface area contributed by atoms with Crippen LogP contribution >= 0.6 is 0 Å². The van der Waals surface area contributed by atoms with E-state index in [1.165, 1.54) is 14.2 Å². The van der Waals surface area contributed by atoms with E-state index < -0.39 is 25.4 Å². The minimum Gasteiger partial charge on any atom is -0.468 e. The maximum atomic E-state index is 12.3. The van der Waals surface area contributed by atoms with E-state index >= 15 is 0 Å². The molecule has 0 bridgehead atoms. The van der Waals surface area contributed by atoms with E-state index in [1.807, 2.05) is 0 Å². The number of carbonyl (C=O) groups excluding carboxylic acids is 2. The largest absolute Gasteiger partial charge is 0.468 e. The predicted molar refractivity (Wildman–Crippen MR) is 90.4 cm³/mol. The van der Waals surface area contributed by atoms with Crippen molar-refractivity contribution in [2.75, 3.05) is 14.2 Å². The van der Waals surface area contributed by atoms with Crippen LogP contribution in [-0.4, -0.2) is 34.2 Å². The topological polar surface area (TPSA) is 52.6 Å². The molecule has 1 aliphatic rings. The van der Waals surface area contributed by atoms with Crippen molar-refractivity contribution in [2.45, 2.75) is 64.7 Å². The second-order valence-corrected chi connectivity index (χ2v) is 14.2. The van der Waals surface area contributed by atoms with Gasteiger partial charge in [0.1, 0.15) is 0 Å². The highest BCUT2D eigenvalue weighted by molar-refractivity contribution is 6.80. The summed E-state index contributed by atoms with van der Waals surface area (Å²) in [6.07, 6.45) is 1.09. The smallest absolute Gasteiger partial charge is 0.323 e. The minimum atomic E-state index is -1.47. The van der Waals surface area contributed by atoms with Crippen molar-refractivity contribution in [1.29, 1.82) is 0 Å². The van der Waals surface area contributed by atoms with Gasteiger partial charge in [0.05, 0.1) is 22.3 Å². The molecule has 1 aliphatic carbocycles. The van der Waals surface area contributed by atoms with Crippen LogP contribution in [0.25, 0.3) is 0 Å². The van der Waals surface area contributed by atoms with E-state index in [9.17, 15) is 9.59 Å². The number of esters is 2. The van der Waals surface area contributed by atoms with Gasteiger partial charge in [0.15, 0.2) is 5.41 Å². The molecule has 1 saturated carbocycles. The van der Waals surface area contributed by atoms with Crippen molar-refractivity contribution >= 4 is 20.0 Å². The lowest BCUT2D eigenvalue weighted by Gasteiger charge is -2.39. The standard InChI is InChI=1S/C17H32O4Si/c1-12-9-17(14(18)20-5,15(19)21-6)10-13(12)11-22(7,8)16(2,3)4/h12-13H,9-11H2,1-8H3/t12-,13+/m1/s1. The van der Waals surface area contributed by atoms with Gasteiger partial charge in [-0.05, 0) is 29.7 Å². The fourth-order valence-corrected chi connectivity index (χ4v) is 5.96. The Hall–Kier alpha value is -0.843. The molecule has 1 rings (SSSR count). The van der Waals surface area contributed by atoms with E-state index in [1.54, 1.807) is 0 Å². The number of methoxy groups -OCH3 is 2. The first kappa shape index (κ1) is 19.2. The van der Waals surface area contributed by atoms with Crippen molar-refractivity contribution in [3.8, 4) is 0 Å². The van der Waals surface area contributed by atoms with E-state index in [0.717, 1.165) is 6.04 Å². The zero-order valence-corrected chi connectivity index (χ0v) is 16.4. The molecule has 4 nitrogen and oxygen atoms in total. The molecular weight excluding hydrogens is 296 g/mol. The van der Waals surface area contributed by atoms with Gasteiger partial charge < -0.3 is 9.47 Å². The van der Waals surface area contributed by atoms with Crippen LogP contribution in [0.1, 0.15) is 40.5 Å². The molecule has 0 saturated heterocycles. The number of carbonyl (C=O) groups is 2. The fraction of sp³-hybridized carbons (Fsp3) is 0.882. The van der Waals surface area contributed by atoms with Gasteiger partial charge in [0.2, 0.25) is 0 Å². The average molecular weight is 329 g/mol. The molecule has 0 amide bonds.